The molecule has 0 unspecified atom stereocenters. The maximum Gasteiger partial charge on any atom is 0.343 e. The predicted molar refractivity (Wildman–Crippen MR) is 87.0 cm³/mol. The monoisotopic (exact) mass is 407 g/mol. The van der Waals surface area contributed by atoms with Gasteiger partial charge in [0.15, 0.2) is 0 Å². The molecule has 0 bridgehead atoms. The van der Waals surface area contributed by atoms with E-state index >= 15 is 0 Å². The van der Waals surface area contributed by atoms with Gasteiger partial charge in [0.25, 0.3) is 11.8 Å². The second kappa shape index (κ2) is 5.53. The summed E-state index contributed by atoms with van der Waals surface area (Å²) in [4.78, 5) is 36.9. The summed E-state index contributed by atoms with van der Waals surface area (Å²) in [6, 6.07) is 11.4. The molecule has 1 aliphatic rings. The third kappa shape index (κ3) is 2.50. The van der Waals surface area contributed by atoms with E-state index in [1.165, 1.54) is 25.2 Å². The van der Waals surface area contributed by atoms with Crippen molar-refractivity contribution in [1.82, 2.24) is 4.90 Å². The van der Waals surface area contributed by atoms with Crippen molar-refractivity contribution >= 4 is 40.4 Å². The van der Waals surface area contributed by atoms with Crippen LogP contribution >= 0.6 is 22.6 Å². The lowest BCUT2D eigenvalue weighted by molar-refractivity contribution is 0.0691. The van der Waals surface area contributed by atoms with Crippen molar-refractivity contribution in [2.75, 3.05) is 7.05 Å². The van der Waals surface area contributed by atoms with Gasteiger partial charge in [-0.05, 0) is 65.1 Å². The molecule has 0 aliphatic carbocycles. The number of carbonyl (C=O) groups is 3. The molecule has 5 nitrogen and oxygen atoms in total. The van der Waals surface area contributed by atoms with E-state index in [-0.39, 0.29) is 17.0 Å². The van der Waals surface area contributed by atoms with Crippen LogP contribution in [0.4, 0.5) is 0 Å². The van der Waals surface area contributed by atoms with Crippen molar-refractivity contribution in [2.45, 2.75) is 0 Å². The van der Waals surface area contributed by atoms with Crippen LogP contribution in [0.2, 0.25) is 0 Å². The zero-order valence-electron chi connectivity index (χ0n) is 11.5. The third-order valence-electron chi connectivity index (χ3n) is 3.35. The Morgan fingerprint density at radius 1 is 1.00 bits per heavy atom. The highest BCUT2D eigenvalue weighted by Gasteiger charge is 2.33. The molecule has 0 fully saturated rings. The van der Waals surface area contributed by atoms with Gasteiger partial charge in [0.1, 0.15) is 5.75 Å². The number of hydrogen-bond donors (Lipinski definition) is 0. The molecule has 22 heavy (non-hydrogen) atoms. The quantitative estimate of drug-likeness (QED) is 0.333. The lowest BCUT2D eigenvalue weighted by atomic mass is 10.1. The Morgan fingerprint density at radius 2 is 1.64 bits per heavy atom. The van der Waals surface area contributed by atoms with Gasteiger partial charge in [0, 0.05) is 10.6 Å². The van der Waals surface area contributed by atoms with Crippen LogP contribution in [0.25, 0.3) is 0 Å². The van der Waals surface area contributed by atoms with Crippen molar-refractivity contribution in [3.63, 3.8) is 0 Å². The van der Waals surface area contributed by atoms with Crippen LogP contribution in [0.5, 0.6) is 5.75 Å². The van der Waals surface area contributed by atoms with E-state index in [0.29, 0.717) is 11.3 Å². The van der Waals surface area contributed by atoms with E-state index in [4.69, 9.17) is 4.74 Å². The molecule has 0 saturated carbocycles. The highest BCUT2D eigenvalue weighted by Crippen LogP contribution is 2.23. The minimum absolute atomic E-state index is 0.226. The first-order valence-corrected chi connectivity index (χ1v) is 7.49. The molecule has 3 rings (SSSR count). The van der Waals surface area contributed by atoms with Crippen molar-refractivity contribution < 1.29 is 19.1 Å². The fourth-order valence-electron chi connectivity index (χ4n) is 2.16. The minimum Gasteiger partial charge on any atom is -0.423 e. The minimum atomic E-state index is -0.571. The Balaban J connectivity index is 1.87. The van der Waals surface area contributed by atoms with Crippen LogP contribution in [0.15, 0.2) is 42.5 Å². The number of rotatable bonds is 2. The standard InChI is InChI=1S/C16H10INO4/c1-18-14(19)12-7-2-9(8-13(12)15(18)20)16(21)22-11-5-3-10(17)4-6-11/h2-8H,1H3. The number of benzene rings is 2. The Bertz CT molecular complexity index is 798. The van der Waals surface area contributed by atoms with Crippen molar-refractivity contribution in [3.8, 4) is 5.75 Å². The zero-order valence-corrected chi connectivity index (χ0v) is 13.7. The van der Waals surface area contributed by atoms with Gasteiger partial charge in [0.2, 0.25) is 0 Å². The molecule has 1 heterocycles. The molecule has 2 aromatic rings. The molecule has 2 aromatic carbocycles. The van der Waals surface area contributed by atoms with Crippen LogP contribution in [-0.4, -0.2) is 29.7 Å². The average Bonchev–Trinajstić information content (AvgIpc) is 2.74. The number of halogens is 1. The van der Waals surface area contributed by atoms with E-state index in [0.717, 1.165) is 8.47 Å². The fourth-order valence-corrected chi connectivity index (χ4v) is 2.52. The summed E-state index contributed by atoms with van der Waals surface area (Å²) in [6.45, 7) is 0. The number of ether oxygens (including phenoxy) is 1. The number of amides is 2. The van der Waals surface area contributed by atoms with Crippen LogP contribution in [0.1, 0.15) is 31.1 Å². The summed E-state index contributed by atoms with van der Waals surface area (Å²) >= 11 is 2.15. The van der Waals surface area contributed by atoms with Crippen LogP contribution in [-0.2, 0) is 0 Å². The summed E-state index contributed by atoms with van der Waals surface area (Å²) < 4.78 is 6.28. The molecule has 0 aromatic heterocycles. The maximum atomic E-state index is 12.1. The molecule has 2 amide bonds. The number of nitrogens with zero attached hydrogens (tertiary/aromatic N) is 1. The summed E-state index contributed by atoms with van der Waals surface area (Å²) in [5.74, 6) is -0.925. The van der Waals surface area contributed by atoms with Gasteiger partial charge in [-0.3, -0.25) is 14.5 Å². The molecule has 0 spiro atoms. The second-order valence-electron chi connectivity index (χ2n) is 4.77. The van der Waals surface area contributed by atoms with E-state index in [2.05, 4.69) is 22.6 Å². The number of esters is 1. The fraction of sp³-hybridized carbons (Fsp3) is 0.0625. The average molecular weight is 407 g/mol. The Kier molecular flexibility index (Phi) is 3.69. The molecule has 110 valence electrons. The molecule has 1 aliphatic heterocycles. The second-order valence-corrected chi connectivity index (χ2v) is 6.02. The summed E-state index contributed by atoms with van der Waals surface area (Å²) in [6.07, 6.45) is 0. The third-order valence-corrected chi connectivity index (χ3v) is 4.07. The Hall–Kier alpha value is -2.22. The lowest BCUT2D eigenvalue weighted by Gasteiger charge is -2.05. The SMILES string of the molecule is CN1C(=O)c2ccc(C(=O)Oc3ccc(I)cc3)cc2C1=O. The highest BCUT2D eigenvalue weighted by atomic mass is 127. The molecule has 0 saturated heterocycles. The topological polar surface area (TPSA) is 63.7 Å². The molecular formula is C16H10INO4. The normalized spacial score (nSPS) is 13.3. The van der Waals surface area contributed by atoms with Gasteiger partial charge in [-0.2, -0.15) is 0 Å². The van der Waals surface area contributed by atoms with Gasteiger partial charge in [-0.1, -0.05) is 0 Å². The first-order valence-electron chi connectivity index (χ1n) is 6.41. The molecule has 6 heteroatoms. The van der Waals surface area contributed by atoms with Crippen molar-refractivity contribution in [2.24, 2.45) is 0 Å². The van der Waals surface area contributed by atoms with E-state index in [1.807, 2.05) is 12.1 Å². The summed E-state index contributed by atoms with van der Waals surface area (Å²) in [5.41, 5.74) is 0.761. The zero-order chi connectivity index (χ0) is 15.9. The van der Waals surface area contributed by atoms with Crippen molar-refractivity contribution in [3.05, 3.63) is 62.7 Å². The van der Waals surface area contributed by atoms with Crippen molar-refractivity contribution in [1.29, 1.82) is 0 Å². The Morgan fingerprint density at radius 3 is 2.32 bits per heavy atom. The number of carbonyl (C=O) groups excluding carboxylic acids is 3. The molecule has 0 radical (unpaired) electrons. The number of hydrogen-bond acceptors (Lipinski definition) is 4. The van der Waals surface area contributed by atoms with Gasteiger partial charge >= 0.3 is 5.97 Å². The summed E-state index contributed by atoms with van der Waals surface area (Å²) in [7, 11) is 1.41. The van der Waals surface area contributed by atoms with E-state index < -0.39 is 11.9 Å². The maximum absolute atomic E-state index is 12.1. The van der Waals surface area contributed by atoms with Gasteiger partial charge in [-0.25, -0.2) is 4.79 Å². The smallest absolute Gasteiger partial charge is 0.343 e. The van der Waals surface area contributed by atoms with Crippen LogP contribution < -0.4 is 4.74 Å². The van der Waals surface area contributed by atoms with Crippen LogP contribution in [0.3, 0.4) is 0 Å². The number of fused-ring (bicyclic) bond motifs is 1. The van der Waals surface area contributed by atoms with Gasteiger partial charge in [-0.15, -0.1) is 0 Å². The van der Waals surface area contributed by atoms with Gasteiger partial charge < -0.3 is 4.74 Å². The lowest BCUT2D eigenvalue weighted by Crippen LogP contribution is -2.24. The Labute approximate surface area is 140 Å². The molecule has 0 N–H and O–H groups in total. The summed E-state index contributed by atoms with van der Waals surface area (Å²) in [5, 5.41) is 0. The van der Waals surface area contributed by atoms with E-state index in [9.17, 15) is 14.4 Å². The van der Waals surface area contributed by atoms with Crippen LogP contribution in [0, 0.1) is 3.57 Å². The first kappa shape index (κ1) is 14.7. The van der Waals surface area contributed by atoms with E-state index in [1.54, 1.807) is 12.1 Å². The predicted octanol–water partition coefficient (Wildman–Crippen LogP) is 2.74. The number of imide groups is 1. The molecule has 0 atom stereocenters. The highest BCUT2D eigenvalue weighted by molar-refractivity contribution is 14.1. The largest absolute Gasteiger partial charge is 0.423 e. The first-order chi connectivity index (χ1) is 10.5. The van der Waals surface area contributed by atoms with Gasteiger partial charge in [0.05, 0.1) is 16.7 Å². The molecular weight excluding hydrogens is 397 g/mol.